The van der Waals surface area contributed by atoms with Gasteiger partial charge >= 0.3 is 0 Å². The highest BCUT2D eigenvalue weighted by Gasteiger charge is 2.32. The molecule has 0 aliphatic carbocycles. The van der Waals surface area contributed by atoms with Crippen LogP contribution in [-0.2, 0) is 9.59 Å². The quantitative estimate of drug-likeness (QED) is 0.711. The maximum Gasteiger partial charge on any atom is 0.240 e. The number of halogens is 1. The summed E-state index contributed by atoms with van der Waals surface area (Å²) < 4.78 is 19.2. The Balaban J connectivity index is 1.56. The summed E-state index contributed by atoms with van der Waals surface area (Å²) in [7, 11) is 0. The number of aliphatic imine (C=N–C) groups is 1. The smallest absolute Gasteiger partial charge is 0.240 e. The van der Waals surface area contributed by atoms with Gasteiger partial charge < -0.3 is 15.4 Å². The molecule has 0 bridgehead atoms. The molecule has 1 saturated heterocycles. The number of nitrogens with zero attached hydrogens (tertiary/aromatic N) is 1. The molecular formula is C21H22FN3O3S. The fourth-order valence-corrected chi connectivity index (χ4v) is 3.58. The lowest BCUT2D eigenvalue weighted by Crippen LogP contribution is -2.28. The number of rotatable bonds is 7. The van der Waals surface area contributed by atoms with E-state index < -0.39 is 5.25 Å². The van der Waals surface area contributed by atoms with Gasteiger partial charge in [0, 0.05) is 12.1 Å². The van der Waals surface area contributed by atoms with Crippen molar-refractivity contribution in [2.75, 3.05) is 11.9 Å². The molecule has 2 N–H and O–H groups in total. The molecule has 2 aromatic carbocycles. The standard InChI is InChI=1S/C21H22FN3O3S/c1-3-10-28-16-8-6-14(7-9-16)23-19(26)12-18-20(27)25-21(29-18)24-15-5-4-13(2)17(22)11-15/h4-9,11,18H,3,10,12H2,1-2H3,(H,23,26)(H,24,25,27)/t18-/m1/s1. The van der Waals surface area contributed by atoms with E-state index in [9.17, 15) is 14.0 Å². The van der Waals surface area contributed by atoms with E-state index in [4.69, 9.17) is 4.74 Å². The second-order valence-corrected chi connectivity index (χ2v) is 7.76. The lowest BCUT2D eigenvalue weighted by Gasteiger charge is -2.09. The van der Waals surface area contributed by atoms with Crippen LogP contribution in [0.15, 0.2) is 47.5 Å². The molecule has 6 nitrogen and oxygen atoms in total. The van der Waals surface area contributed by atoms with Gasteiger partial charge in [-0.3, -0.25) is 9.59 Å². The third kappa shape index (κ3) is 5.80. The summed E-state index contributed by atoms with van der Waals surface area (Å²) in [6.45, 7) is 4.33. The van der Waals surface area contributed by atoms with Crippen LogP contribution in [0.1, 0.15) is 25.3 Å². The maximum absolute atomic E-state index is 13.6. The number of hydrogen-bond acceptors (Lipinski definition) is 5. The van der Waals surface area contributed by atoms with Gasteiger partial charge in [-0.05, 0) is 55.3 Å². The Kier molecular flexibility index (Phi) is 6.87. The topological polar surface area (TPSA) is 79.8 Å². The van der Waals surface area contributed by atoms with Gasteiger partial charge in [0.1, 0.15) is 16.8 Å². The second-order valence-electron chi connectivity index (χ2n) is 6.57. The molecule has 8 heteroatoms. The van der Waals surface area contributed by atoms with Gasteiger partial charge in [0.15, 0.2) is 5.17 Å². The number of aryl methyl sites for hydroxylation is 1. The molecule has 0 aromatic heterocycles. The van der Waals surface area contributed by atoms with Crippen LogP contribution in [0.2, 0.25) is 0 Å². The van der Waals surface area contributed by atoms with Crippen molar-refractivity contribution in [3.05, 3.63) is 53.8 Å². The molecular weight excluding hydrogens is 393 g/mol. The van der Waals surface area contributed by atoms with E-state index in [-0.39, 0.29) is 24.1 Å². The molecule has 1 aliphatic heterocycles. The molecule has 0 radical (unpaired) electrons. The highest BCUT2D eigenvalue weighted by atomic mass is 32.2. The largest absolute Gasteiger partial charge is 0.494 e. The molecule has 1 fully saturated rings. The van der Waals surface area contributed by atoms with E-state index in [1.807, 2.05) is 6.92 Å². The zero-order valence-electron chi connectivity index (χ0n) is 16.2. The van der Waals surface area contributed by atoms with Crippen LogP contribution >= 0.6 is 11.8 Å². The van der Waals surface area contributed by atoms with E-state index in [1.165, 1.54) is 6.07 Å². The summed E-state index contributed by atoms with van der Waals surface area (Å²) in [4.78, 5) is 28.7. The minimum Gasteiger partial charge on any atom is -0.494 e. The Bertz CT molecular complexity index is 931. The van der Waals surface area contributed by atoms with E-state index in [0.29, 0.717) is 28.7 Å². The molecule has 1 aliphatic rings. The van der Waals surface area contributed by atoms with E-state index in [1.54, 1.807) is 43.3 Å². The molecule has 0 spiro atoms. The minimum absolute atomic E-state index is 0.00582. The predicted octanol–water partition coefficient (Wildman–Crippen LogP) is 4.17. The number of benzene rings is 2. The third-order valence-electron chi connectivity index (χ3n) is 4.14. The summed E-state index contributed by atoms with van der Waals surface area (Å²) in [6, 6.07) is 11.7. The Labute approximate surface area is 172 Å². The number of thioether (sulfide) groups is 1. The van der Waals surface area contributed by atoms with Crippen molar-refractivity contribution < 1.29 is 18.7 Å². The molecule has 1 atom stereocenters. The maximum atomic E-state index is 13.6. The fourth-order valence-electron chi connectivity index (χ4n) is 2.60. The Hall–Kier alpha value is -2.87. The summed E-state index contributed by atoms with van der Waals surface area (Å²) >= 11 is 1.16. The molecule has 2 aromatic rings. The first-order valence-electron chi connectivity index (χ1n) is 9.29. The molecule has 152 valence electrons. The number of ether oxygens (including phenoxy) is 1. The molecule has 0 saturated carbocycles. The minimum atomic E-state index is -0.587. The van der Waals surface area contributed by atoms with Gasteiger partial charge in [0.05, 0.1) is 12.3 Å². The van der Waals surface area contributed by atoms with Gasteiger partial charge in [-0.15, -0.1) is 0 Å². The van der Waals surface area contributed by atoms with Gasteiger partial charge in [0.2, 0.25) is 11.8 Å². The number of carbonyl (C=O) groups is 2. The van der Waals surface area contributed by atoms with Crippen molar-refractivity contribution in [1.29, 1.82) is 0 Å². The first-order valence-corrected chi connectivity index (χ1v) is 10.2. The van der Waals surface area contributed by atoms with Crippen LogP contribution in [0.3, 0.4) is 0 Å². The molecule has 2 amide bonds. The molecule has 0 unspecified atom stereocenters. The van der Waals surface area contributed by atoms with Crippen molar-refractivity contribution in [3.63, 3.8) is 0 Å². The average molecular weight is 415 g/mol. The average Bonchev–Trinajstić information content (AvgIpc) is 3.03. The number of amides is 2. The number of nitrogens with one attached hydrogen (secondary N) is 2. The first kappa shape index (κ1) is 20.9. The van der Waals surface area contributed by atoms with Crippen molar-refractivity contribution in [1.82, 2.24) is 5.32 Å². The van der Waals surface area contributed by atoms with Crippen LogP contribution in [0.5, 0.6) is 5.75 Å². The fraction of sp³-hybridized carbons (Fsp3) is 0.286. The summed E-state index contributed by atoms with van der Waals surface area (Å²) in [5, 5.41) is 5.18. The van der Waals surface area contributed by atoms with Crippen LogP contribution in [0.25, 0.3) is 0 Å². The van der Waals surface area contributed by atoms with Crippen molar-refractivity contribution in [3.8, 4) is 5.75 Å². The highest BCUT2D eigenvalue weighted by molar-refractivity contribution is 8.15. The Morgan fingerprint density at radius 3 is 2.72 bits per heavy atom. The predicted molar refractivity (Wildman–Crippen MR) is 113 cm³/mol. The summed E-state index contributed by atoms with van der Waals surface area (Å²) in [5.74, 6) is -0.186. The SMILES string of the molecule is CCCOc1ccc(NC(=O)C[C@H]2SC(=Nc3ccc(C)c(F)c3)NC2=O)cc1. The highest BCUT2D eigenvalue weighted by Crippen LogP contribution is 2.26. The van der Waals surface area contributed by atoms with Crippen molar-refractivity contribution in [2.45, 2.75) is 31.9 Å². The number of amidine groups is 1. The van der Waals surface area contributed by atoms with Crippen molar-refractivity contribution >= 4 is 40.1 Å². The molecule has 29 heavy (non-hydrogen) atoms. The zero-order chi connectivity index (χ0) is 20.8. The van der Waals surface area contributed by atoms with E-state index >= 15 is 0 Å². The zero-order valence-corrected chi connectivity index (χ0v) is 17.0. The van der Waals surface area contributed by atoms with Gasteiger partial charge in [0.25, 0.3) is 0 Å². The molecule has 1 heterocycles. The van der Waals surface area contributed by atoms with Crippen molar-refractivity contribution in [2.24, 2.45) is 4.99 Å². The summed E-state index contributed by atoms with van der Waals surface area (Å²) in [6.07, 6.45) is 0.926. The van der Waals surface area contributed by atoms with Gasteiger partial charge in [-0.1, -0.05) is 24.8 Å². The van der Waals surface area contributed by atoms with Crippen LogP contribution < -0.4 is 15.4 Å². The lowest BCUT2D eigenvalue weighted by molar-refractivity contribution is -0.122. The van der Waals surface area contributed by atoms with Crippen LogP contribution in [0.4, 0.5) is 15.8 Å². The van der Waals surface area contributed by atoms with Crippen LogP contribution in [0, 0.1) is 12.7 Å². The van der Waals surface area contributed by atoms with Gasteiger partial charge in [-0.2, -0.15) is 0 Å². The lowest BCUT2D eigenvalue weighted by atomic mass is 10.2. The first-order chi connectivity index (χ1) is 13.9. The number of carbonyl (C=O) groups excluding carboxylic acids is 2. The number of anilines is 1. The normalized spacial score (nSPS) is 17.3. The second kappa shape index (κ2) is 9.56. The molecule has 3 rings (SSSR count). The van der Waals surface area contributed by atoms with E-state index in [0.717, 1.165) is 23.9 Å². The van der Waals surface area contributed by atoms with Gasteiger partial charge in [-0.25, -0.2) is 9.38 Å². The van der Waals surface area contributed by atoms with Crippen LogP contribution in [-0.4, -0.2) is 28.8 Å². The Morgan fingerprint density at radius 2 is 2.03 bits per heavy atom. The summed E-state index contributed by atoms with van der Waals surface area (Å²) in [5.41, 5.74) is 1.56. The third-order valence-corrected chi connectivity index (χ3v) is 5.23. The monoisotopic (exact) mass is 415 g/mol. The van der Waals surface area contributed by atoms with E-state index in [2.05, 4.69) is 15.6 Å². The Morgan fingerprint density at radius 1 is 1.28 bits per heavy atom. The number of hydrogen-bond donors (Lipinski definition) is 2.